The summed E-state index contributed by atoms with van der Waals surface area (Å²) in [5.41, 5.74) is 2.43. The highest BCUT2D eigenvalue weighted by atomic mass is 16.1. The normalized spacial score (nSPS) is 11.1. The molecule has 0 bridgehead atoms. The lowest BCUT2D eigenvalue weighted by Gasteiger charge is -2.10. The lowest BCUT2D eigenvalue weighted by molar-refractivity contribution is -0.120. The van der Waals surface area contributed by atoms with E-state index in [0.717, 1.165) is 31.5 Å². The number of hydrogen-bond acceptors (Lipinski definition) is 2. The van der Waals surface area contributed by atoms with Gasteiger partial charge in [0.25, 0.3) is 0 Å². The molecule has 0 heterocycles. The van der Waals surface area contributed by atoms with Crippen LogP contribution in [0, 0.1) is 5.92 Å². The van der Waals surface area contributed by atoms with Crippen molar-refractivity contribution in [2.45, 2.75) is 33.1 Å². The molecule has 0 saturated heterocycles. The number of rotatable bonds is 8. The fourth-order valence-electron chi connectivity index (χ4n) is 2.14. The lowest BCUT2D eigenvalue weighted by atomic mass is 10.0. The fraction of sp³-hybridized carbons (Fsp3) is 0.588. The van der Waals surface area contributed by atoms with E-state index in [1.165, 1.54) is 5.56 Å². The molecule has 0 aliphatic carbocycles. The zero-order valence-electron chi connectivity index (χ0n) is 13.3. The third-order valence-electron chi connectivity index (χ3n) is 3.14. The largest absolute Gasteiger partial charge is 0.356 e. The van der Waals surface area contributed by atoms with Crippen LogP contribution in [0.15, 0.2) is 24.3 Å². The highest BCUT2D eigenvalue weighted by Gasteiger charge is 2.04. The van der Waals surface area contributed by atoms with Gasteiger partial charge in [0.2, 0.25) is 5.91 Å². The third-order valence-corrected chi connectivity index (χ3v) is 3.14. The smallest absolute Gasteiger partial charge is 0.224 e. The second-order valence-electron chi connectivity index (χ2n) is 6.10. The van der Waals surface area contributed by atoms with Crippen LogP contribution in [-0.4, -0.2) is 38.0 Å². The van der Waals surface area contributed by atoms with E-state index in [9.17, 15) is 4.79 Å². The SMILES string of the molecule is CC(C)Cc1ccc(CC(=O)NCCCN(C)C)cc1. The third kappa shape index (κ3) is 7.29. The molecule has 0 aliphatic rings. The van der Waals surface area contributed by atoms with Crippen molar-refractivity contribution in [1.29, 1.82) is 0 Å². The van der Waals surface area contributed by atoms with E-state index in [2.05, 4.69) is 48.3 Å². The van der Waals surface area contributed by atoms with Gasteiger partial charge in [-0.15, -0.1) is 0 Å². The van der Waals surface area contributed by atoms with Crippen LogP contribution in [0.4, 0.5) is 0 Å². The first kappa shape index (κ1) is 16.7. The molecule has 0 atom stereocenters. The van der Waals surface area contributed by atoms with Gasteiger partial charge >= 0.3 is 0 Å². The first-order chi connectivity index (χ1) is 9.47. The lowest BCUT2D eigenvalue weighted by Crippen LogP contribution is -2.28. The van der Waals surface area contributed by atoms with Gasteiger partial charge in [-0.05, 0) is 50.5 Å². The van der Waals surface area contributed by atoms with E-state index in [4.69, 9.17) is 0 Å². The molecule has 0 spiro atoms. The Bertz CT molecular complexity index is 396. The van der Waals surface area contributed by atoms with Crippen LogP contribution in [0.3, 0.4) is 0 Å². The van der Waals surface area contributed by atoms with E-state index >= 15 is 0 Å². The Morgan fingerprint density at radius 1 is 1.15 bits per heavy atom. The summed E-state index contributed by atoms with van der Waals surface area (Å²) in [4.78, 5) is 13.9. The first-order valence-electron chi connectivity index (χ1n) is 7.46. The molecule has 3 heteroatoms. The molecular weight excluding hydrogens is 248 g/mol. The molecule has 0 unspecified atom stereocenters. The molecule has 0 aliphatic heterocycles. The second-order valence-corrected chi connectivity index (χ2v) is 6.10. The number of benzene rings is 1. The number of hydrogen-bond donors (Lipinski definition) is 1. The van der Waals surface area contributed by atoms with Gasteiger partial charge < -0.3 is 10.2 Å². The quantitative estimate of drug-likeness (QED) is 0.740. The van der Waals surface area contributed by atoms with Crippen molar-refractivity contribution in [3.8, 4) is 0 Å². The highest BCUT2D eigenvalue weighted by molar-refractivity contribution is 5.78. The molecule has 112 valence electrons. The Morgan fingerprint density at radius 2 is 1.75 bits per heavy atom. The van der Waals surface area contributed by atoms with Gasteiger partial charge in [-0.1, -0.05) is 38.1 Å². The molecule has 0 fully saturated rings. The van der Waals surface area contributed by atoms with Gasteiger partial charge in [-0.3, -0.25) is 4.79 Å². The van der Waals surface area contributed by atoms with Crippen molar-refractivity contribution >= 4 is 5.91 Å². The standard InChI is InChI=1S/C17H28N2O/c1-14(2)12-15-6-8-16(9-7-15)13-17(20)18-10-5-11-19(3)4/h6-9,14H,5,10-13H2,1-4H3,(H,18,20). The van der Waals surface area contributed by atoms with Crippen LogP contribution in [0.25, 0.3) is 0 Å². The maximum Gasteiger partial charge on any atom is 0.224 e. The minimum atomic E-state index is 0.111. The molecule has 1 aromatic carbocycles. The Morgan fingerprint density at radius 3 is 2.30 bits per heavy atom. The molecule has 1 amide bonds. The number of carbonyl (C=O) groups excluding carboxylic acids is 1. The molecular formula is C17H28N2O. The van der Waals surface area contributed by atoms with E-state index in [1.54, 1.807) is 0 Å². The topological polar surface area (TPSA) is 32.3 Å². The summed E-state index contributed by atoms with van der Waals surface area (Å²) >= 11 is 0. The van der Waals surface area contributed by atoms with Crippen molar-refractivity contribution in [3.63, 3.8) is 0 Å². The van der Waals surface area contributed by atoms with Crippen LogP contribution in [-0.2, 0) is 17.6 Å². The monoisotopic (exact) mass is 276 g/mol. The van der Waals surface area contributed by atoms with Gasteiger partial charge in [-0.2, -0.15) is 0 Å². The Balaban J connectivity index is 2.31. The van der Waals surface area contributed by atoms with Gasteiger partial charge in [0.15, 0.2) is 0 Å². The number of nitrogens with one attached hydrogen (secondary N) is 1. The molecule has 0 saturated carbocycles. The number of carbonyl (C=O) groups is 1. The summed E-state index contributed by atoms with van der Waals surface area (Å²) in [7, 11) is 4.08. The Hall–Kier alpha value is -1.35. The van der Waals surface area contributed by atoms with Gasteiger partial charge in [-0.25, -0.2) is 0 Å². The van der Waals surface area contributed by atoms with Gasteiger partial charge in [0, 0.05) is 6.54 Å². The predicted octanol–water partition coefficient (Wildman–Crippen LogP) is 2.50. The van der Waals surface area contributed by atoms with Crippen molar-refractivity contribution in [1.82, 2.24) is 10.2 Å². The van der Waals surface area contributed by atoms with E-state index < -0.39 is 0 Å². The zero-order valence-corrected chi connectivity index (χ0v) is 13.3. The molecule has 3 nitrogen and oxygen atoms in total. The number of nitrogens with zero attached hydrogens (tertiary/aromatic N) is 1. The highest BCUT2D eigenvalue weighted by Crippen LogP contribution is 2.10. The van der Waals surface area contributed by atoms with E-state index in [1.807, 2.05) is 14.1 Å². The summed E-state index contributed by atoms with van der Waals surface area (Å²) in [6, 6.07) is 8.40. The van der Waals surface area contributed by atoms with E-state index in [0.29, 0.717) is 12.3 Å². The van der Waals surface area contributed by atoms with Gasteiger partial charge in [0.1, 0.15) is 0 Å². The van der Waals surface area contributed by atoms with Crippen molar-refractivity contribution in [3.05, 3.63) is 35.4 Å². The summed E-state index contributed by atoms with van der Waals surface area (Å²) in [5.74, 6) is 0.779. The van der Waals surface area contributed by atoms with Crippen LogP contribution in [0.2, 0.25) is 0 Å². The minimum absolute atomic E-state index is 0.111. The molecule has 20 heavy (non-hydrogen) atoms. The van der Waals surface area contributed by atoms with Crippen LogP contribution in [0.5, 0.6) is 0 Å². The average Bonchev–Trinajstić information content (AvgIpc) is 2.36. The number of amides is 1. The van der Waals surface area contributed by atoms with Gasteiger partial charge in [0.05, 0.1) is 6.42 Å². The minimum Gasteiger partial charge on any atom is -0.356 e. The molecule has 1 rings (SSSR count). The summed E-state index contributed by atoms with van der Waals surface area (Å²) in [6.45, 7) is 6.19. The fourth-order valence-corrected chi connectivity index (χ4v) is 2.14. The Labute approximate surface area is 123 Å². The molecule has 1 N–H and O–H groups in total. The molecule has 1 aromatic rings. The average molecular weight is 276 g/mol. The van der Waals surface area contributed by atoms with Crippen LogP contribution >= 0.6 is 0 Å². The maximum absolute atomic E-state index is 11.8. The Kier molecular flexibility index (Phi) is 7.31. The zero-order chi connectivity index (χ0) is 15.0. The van der Waals surface area contributed by atoms with E-state index in [-0.39, 0.29) is 5.91 Å². The van der Waals surface area contributed by atoms with Crippen LogP contribution < -0.4 is 5.32 Å². The summed E-state index contributed by atoms with van der Waals surface area (Å²) < 4.78 is 0. The molecule has 0 aromatic heterocycles. The maximum atomic E-state index is 11.8. The van der Waals surface area contributed by atoms with Crippen molar-refractivity contribution in [2.75, 3.05) is 27.2 Å². The predicted molar refractivity (Wildman–Crippen MR) is 84.9 cm³/mol. The summed E-state index contributed by atoms with van der Waals surface area (Å²) in [5, 5.41) is 2.97. The first-order valence-corrected chi connectivity index (χ1v) is 7.46. The second kappa shape index (κ2) is 8.75. The molecule has 0 radical (unpaired) electrons. The van der Waals surface area contributed by atoms with Crippen LogP contribution in [0.1, 0.15) is 31.4 Å². The van der Waals surface area contributed by atoms with Crippen molar-refractivity contribution < 1.29 is 4.79 Å². The summed E-state index contributed by atoms with van der Waals surface area (Å²) in [6.07, 6.45) is 2.56. The van der Waals surface area contributed by atoms with Crippen molar-refractivity contribution in [2.24, 2.45) is 5.92 Å².